The van der Waals surface area contributed by atoms with Gasteiger partial charge < -0.3 is 13.9 Å². The Kier molecular flexibility index (Phi) is 4.26. The van der Waals surface area contributed by atoms with E-state index in [0.717, 1.165) is 49.2 Å². The number of rotatable bonds is 5. The fourth-order valence-corrected chi connectivity index (χ4v) is 4.86. The lowest BCUT2D eigenvalue weighted by atomic mass is 9.84. The molecule has 158 valence electrons. The van der Waals surface area contributed by atoms with E-state index in [4.69, 9.17) is 4.42 Å². The number of carbonyl (C=O) groups is 2. The number of amides is 2. The predicted octanol–water partition coefficient (Wildman–Crippen LogP) is 4.30. The molecule has 2 saturated carbocycles. The predicted molar refractivity (Wildman–Crippen MR) is 116 cm³/mol. The SMILES string of the molecule is O=C(C1CCC1)N(CC(=O)N1c2ccccc2-n2cccc2C1c1ccco1)C1CC1. The van der Waals surface area contributed by atoms with Gasteiger partial charge in [0.25, 0.3) is 0 Å². The van der Waals surface area contributed by atoms with Crippen molar-refractivity contribution < 1.29 is 14.0 Å². The van der Waals surface area contributed by atoms with Gasteiger partial charge in [-0.2, -0.15) is 0 Å². The summed E-state index contributed by atoms with van der Waals surface area (Å²) in [6.45, 7) is 0.117. The molecule has 6 nitrogen and oxygen atoms in total. The summed E-state index contributed by atoms with van der Waals surface area (Å²) in [5, 5.41) is 0. The molecular formula is C25H25N3O3. The largest absolute Gasteiger partial charge is 0.467 e. The van der Waals surface area contributed by atoms with Gasteiger partial charge in [-0.25, -0.2) is 0 Å². The van der Waals surface area contributed by atoms with Crippen LogP contribution >= 0.6 is 0 Å². The van der Waals surface area contributed by atoms with Gasteiger partial charge in [0.05, 0.1) is 23.3 Å². The van der Waals surface area contributed by atoms with Gasteiger partial charge in [-0.05, 0) is 62.1 Å². The molecule has 1 unspecified atom stereocenters. The van der Waals surface area contributed by atoms with E-state index in [1.807, 2.05) is 64.5 Å². The Bertz CT molecular complexity index is 1120. The number of furan rings is 1. The molecule has 1 atom stereocenters. The molecule has 0 N–H and O–H groups in total. The summed E-state index contributed by atoms with van der Waals surface area (Å²) in [6, 6.07) is 15.6. The fraction of sp³-hybridized carbons (Fsp3) is 0.360. The highest BCUT2D eigenvalue weighted by atomic mass is 16.3. The number of aromatic nitrogens is 1. The van der Waals surface area contributed by atoms with Crippen LogP contribution in [0.4, 0.5) is 5.69 Å². The van der Waals surface area contributed by atoms with Gasteiger partial charge in [0.1, 0.15) is 18.3 Å². The first kappa shape index (κ1) is 18.5. The molecule has 0 spiro atoms. The van der Waals surface area contributed by atoms with Crippen LogP contribution in [0, 0.1) is 5.92 Å². The van der Waals surface area contributed by atoms with E-state index in [-0.39, 0.29) is 36.4 Å². The molecule has 31 heavy (non-hydrogen) atoms. The first-order chi connectivity index (χ1) is 15.2. The third-order valence-electron chi connectivity index (χ3n) is 6.83. The molecule has 2 fully saturated rings. The van der Waals surface area contributed by atoms with Crippen LogP contribution in [0.2, 0.25) is 0 Å². The lowest BCUT2D eigenvalue weighted by Crippen LogP contribution is -2.49. The van der Waals surface area contributed by atoms with Crippen LogP contribution in [0.15, 0.2) is 65.4 Å². The Hall–Kier alpha value is -3.28. The summed E-state index contributed by atoms with van der Waals surface area (Å²) in [7, 11) is 0. The number of benzene rings is 1. The number of nitrogens with zero attached hydrogens (tertiary/aromatic N) is 3. The second kappa shape index (κ2) is 7.15. The summed E-state index contributed by atoms with van der Waals surface area (Å²) >= 11 is 0. The average molecular weight is 415 g/mol. The first-order valence-corrected chi connectivity index (χ1v) is 11.1. The van der Waals surface area contributed by atoms with Crippen LogP contribution in [0.25, 0.3) is 5.69 Å². The highest BCUT2D eigenvalue weighted by Crippen LogP contribution is 2.43. The van der Waals surface area contributed by atoms with E-state index in [1.165, 1.54) is 0 Å². The molecular weight excluding hydrogens is 390 g/mol. The second-order valence-electron chi connectivity index (χ2n) is 8.80. The first-order valence-electron chi connectivity index (χ1n) is 11.1. The van der Waals surface area contributed by atoms with E-state index in [0.29, 0.717) is 5.76 Å². The van der Waals surface area contributed by atoms with Crippen LogP contribution in [0.3, 0.4) is 0 Å². The molecule has 0 saturated heterocycles. The number of hydrogen-bond acceptors (Lipinski definition) is 3. The molecule has 6 heteroatoms. The number of carbonyl (C=O) groups excluding carboxylic acids is 2. The lowest BCUT2D eigenvalue weighted by molar-refractivity contribution is -0.141. The van der Waals surface area contributed by atoms with Gasteiger partial charge in [-0.15, -0.1) is 0 Å². The zero-order chi connectivity index (χ0) is 20.9. The van der Waals surface area contributed by atoms with Crippen molar-refractivity contribution in [3.05, 3.63) is 72.4 Å². The summed E-state index contributed by atoms with van der Waals surface area (Å²) in [6.07, 6.45) is 8.65. The van der Waals surface area contributed by atoms with Crippen LogP contribution < -0.4 is 4.90 Å². The van der Waals surface area contributed by atoms with Crippen LogP contribution in [0.1, 0.15) is 49.6 Å². The van der Waals surface area contributed by atoms with Crippen molar-refractivity contribution in [3.8, 4) is 5.69 Å². The standard InChI is InChI=1S/C25H25N3O3/c29-23(16-27(18-12-13-18)25(30)17-6-3-7-17)28-20-9-2-1-8-19(20)26-14-4-10-21(26)24(28)22-11-5-15-31-22/h1-2,4-5,8-11,14-15,17-18,24H,3,6-7,12-13,16H2. The Morgan fingerprint density at radius 3 is 2.45 bits per heavy atom. The van der Waals surface area contributed by atoms with Crippen molar-refractivity contribution >= 4 is 17.5 Å². The molecule has 2 amide bonds. The van der Waals surface area contributed by atoms with E-state index in [9.17, 15) is 9.59 Å². The Morgan fingerprint density at radius 1 is 0.968 bits per heavy atom. The van der Waals surface area contributed by atoms with Crippen molar-refractivity contribution in [2.75, 3.05) is 11.4 Å². The van der Waals surface area contributed by atoms with Gasteiger partial charge in [0.15, 0.2) is 0 Å². The van der Waals surface area contributed by atoms with E-state index >= 15 is 0 Å². The maximum atomic E-state index is 13.9. The normalized spacial score (nSPS) is 20.0. The Labute approximate surface area is 181 Å². The summed E-state index contributed by atoms with van der Waals surface area (Å²) in [5.41, 5.74) is 2.77. The highest BCUT2D eigenvalue weighted by molar-refractivity contribution is 6.00. The number of para-hydroxylation sites is 2. The minimum absolute atomic E-state index is 0.0686. The summed E-state index contributed by atoms with van der Waals surface area (Å²) in [4.78, 5) is 30.6. The van der Waals surface area contributed by atoms with Gasteiger partial charge in [0, 0.05) is 18.2 Å². The van der Waals surface area contributed by atoms with Crippen molar-refractivity contribution in [1.29, 1.82) is 0 Å². The van der Waals surface area contributed by atoms with Crippen molar-refractivity contribution in [1.82, 2.24) is 9.47 Å². The van der Waals surface area contributed by atoms with Crippen molar-refractivity contribution in [2.45, 2.75) is 44.2 Å². The van der Waals surface area contributed by atoms with Crippen LogP contribution in [-0.2, 0) is 9.59 Å². The molecule has 3 aliphatic rings. The quantitative estimate of drug-likeness (QED) is 0.624. The smallest absolute Gasteiger partial charge is 0.247 e. The van der Waals surface area contributed by atoms with E-state index in [2.05, 4.69) is 4.57 Å². The van der Waals surface area contributed by atoms with Gasteiger partial charge in [-0.1, -0.05) is 18.6 Å². The Morgan fingerprint density at radius 2 is 1.77 bits per heavy atom. The van der Waals surface area contributed by atoms with E-state index in [1.54, 1.807) is 6.26 Å². The van der Waals surface area contributed by atoms with Crippen molar-refractivity contribution in [2.24, 2.45) is 5.92 Å². The zero-order valence-corrected chi connectivity index (χ0v) is 17.3. The van der Waals surface area contributed by atoms with E-state index < -0.39 is 0 Å². The monoisotopic (exact) mass is 415 g/mol. The molecule has 2 aliphatic carbocycles. The summed E-state index contributed by atoms with van der Waals surface area (Å²) in [5.74, 6) is 0.900. The molecule has 3 aromatic rings. The lowest BCUT2D eigenvalue weighted by Gasteiger charge is -2.39. The molecule has 2 aromatic heterocycles. The third kappa shape index (κ3) is 3.00. The molecule has 1 aromatic carbocycles. The van der Waals surface area contributed by atoms with Crippen molar-refractivity contribution in [3.63, 3.8) is 0 Å². The fourth-order valence-electron chi connectivity index (χ4n) is 4.86. The Balaban J connectivity index is 1.40. The number of fused-ring (bicyclic) bond motifs is 3. The molecule has 3 heterocycles. The highest BCUT2D eigenvalue weighted by Gasteiger charge is 2.42. The maximum absolute atomic E-state index is 13.9. The minimum Gasteiger partial charge on any atom is -0.467 e. The van der Waals surface area contributed by atoms with Gasteiger partial charge in [-0.3, -0.25) is 14.5 Å². The van der Waals surface area contributed by atoms with Crippen LogP contribution in [-0.4, -0.2) is 33.9 Å². The second-order valence-corrected chi connectivity index (χ2v) is 8.80. The summed E-state index contributed by atoms with van der Waals surface area (Å²) < 4.78 is 7.90. The van der Waals surface area contributed by atoms with Gasteiger partial charge >= 0.3 is 0 Å². The molecule has 1 aliphatic heterocycles. The topological polar surface area (TPSA) is 58.7 Å². The molecule has 6 rings (SSSR count). The molecule has 0 bridgehead atoms. The van der Waals surface area contributed by atoms with Gasteiger partial charge in [0.2, 0.25) is 11.8 Å². The maximum Gasteiger partial charge on any atom is 0.247 e. The average Bonchev–Trinajstić information content (AvgIpc) is 3.23. The number of hydrogen-bond donors (Lipinski definition) is 0. The van der Waals surface area contributed by atoms with Crippen LogP contribution in [0.5, 0.6) is 0 Å². The number of anilines is 1. The minimum atomic E-state index is -0.368. The zero-order valence-electron chi connectivity index (χ0n) is 17.3. The third-order valence-corrected chi connectivity index (χ3v) is 6.83. The molecule has 0 radical (unpaired) electrons.